The number of esters is 1. The molecule has 1 aliphatic heterocycles. The van der Waals surface area contributed by atoms with Crippen molar-refractivity contribution in [1.29, 1.82) is 0 Å². The predicted molar refractivity (Wildman–Crippen MR) is 53.9 cm³/mol. The van der Waals surface area contributed by atoms with Crippen LogP contribution in [0.3, 0.4) is 0 Å². The molecule has 0 aliphatic carbocycles. The molecule has 2 atom stereocenters. The van der Waals surface area contributed by atoms with E-state index in [1.54, 1.807) is 6.08 Å². The Morgan fingerprint density at radius 2 is 2.14 bits per heavy atom. The van der Waals surface area contributed by atoms with Gasteiger partial charge in [0.05, 0.1) is 13.2 Å². The zero-order valence-electron chi connectivity index (χ0n) is 9.24. The Bertz CT molecular complexity index is 237. The summed E-state index contributed by atoms with van der Waals surface area (Å²) in [4.78, 5) is 11.2. The molecule has 0 radical (unpaired) electrons. The van der Waals surface area contributed by atoms with Crippen LogP contribution < -0.4 is 0 Å². The van der Waals surface area contributed by atoms with Crippen molar-refractivity contribution in [3.8, 4) is 0 Å². The number of ether oxygens (including phenoxy) is 2. The van der Waals surface area contributed by atoms with E-state index in [0.717, 1.165) is 6.42 Å². The van der Waals surface area contributed by atoms with Gasteiger partial charge in [0, 0.05) is 0 Å². The van der Waals surface area contributed by atoms with E-state index in [1.807, 2.05) is 6.08 Å². The van der Waals surface area contributed by atoms with E-state index in [0.29, 0.717) is 0 Å². The average Bonchev–Trinajstić information content (AvgIpc) is 2.15. The van der Waals surface area contributed by atoms with E-state index in [-0.39, 0.29) is 17.5 Å². The Morgan fingerprint density at radius 3 is 2.64 bits per heavy atom. The first-order valence-corrected chi connectivity index (χ1v) is 4.85. The van der Waals surface area contributed by atoms with Crippen LogP contribution in [0.1, 0.15) is 27.2 Å². The molecule has 80 valence electrons. The first-order valence-electron chi connectivity index (χ1n) is 4.85. The van der Waals surface area contributed by atoms with Crippen LogP contribution in [0.5, 0.6) is 0 Å². The number of carbonyl (C=O) groups excluding carboxylic acids is 1. The summed E-state index contributed by atoms with van der Waals surface area (Å²) < 4.78 is 10.3. The highest BCUT2D eigenvalue weighted by Crippen LogP contribution is 2.29. The number of carbonyl (C=O) groups is 1. The highest BCUT2D eigenvalue weighted by Gasteiger charge is 2.32. The van der Waals surface area contributed by atoms with Gasteiger partial charge in [-0.3, -0.25) is 0 Å². The Hall–Kier alpha value is -0.830. The number of hydrogen-bond donors (Lipinski definition) is 0. The van der Waals surface area contributed by atoms with Crippen molar-refractivity contribution in [3.05, 3.63) is 12.2 Å². The zero-order chi connectivity index (χ0) is 10.8. The molecule has 1 aliphatic rings. The average molecular weight is 198 g/mol. The molecule has 0 N–H and O–H groups in total. The van der Waals surface area contributed by atoms with Gasteiger partial charge in [-0.1, -0.05) is 26.8 Å². The number of rotatable bonds is 1. The summed E-state index contributed by atoms with van der Waals surface area (Å²) in [6, 6.07) is 0. The van der Waals surface area contributed by atoms with E-state index < -0.39 is 6.10 Å². The Morgan fingerprint density at radius 1 is 1.50 bits per heavy atom. The van der Waals surface area contributed by atoms with Gasteiger partial charge in [-0.25, -0.2) is 4.79 Å². The lowest BCUT2D eigenvalue weighted by molar-refractivity contribution is -0.158. The van der Waals surface area contributed by atoms with E-state index in [4.69, 9.17) is 4.74 Å². The molecule has 3 nitrogen and oxygen atoms in total. The molecule has 3 heteroatoms. The van der Waals surface area contributed by atoms with Crippen LogP contribution in [-0.2, 0) is 14.3 Å². The van der Waals surface area contributed by atoms with Gasteiger partial charge in [0.1, 0.15) is 0 Å². The molecule has 0 bridgehead atoms. The summed E-state index contributed by atoms with van der Waals surface area (Å²) in [7, 11) is 1.38. The molecule has 1 heterocycles. The second-order valence-electron chi connectivity index (χ2n) is 4.60. The fourth-order valence-electron chi connectivity index (χ4n) is 1.41. The number of methoxy groups -OCH3 is 1. The lowest BCUT2D eigenvalue weighted by Gasteiger charge is -2.34. The van der Waals surface area contributed by atoms with E-state index in [9.17, 15) is 4.79 Å². The molecule has 0 fully saturated rings. The van der Waals surface area contributed by atoms with Gasteiger partial charge in [-0.05, 0) is 17.9 Å². The molecule has 0 amide bonds. The Kier molecular flexibility index (Phi) is 3.32. The van der Waals surface area contributed by atoms with E-state index >= 15 is 0 Å². The van der Waals surface area contributed by atoms with Gasteiger partial charge < -0.3 is 9.47 Å². The lowest BCUT2D eigenvalue weighted by atomic mass is 9.86. The topological polar surface area (TPSA) is 35.5 Å². The second-order valence-corrected chi connectivity index (χ2v) is 4.60. The van der Waals surface area contributed by atoms with Gasteiger partial charge in [0.2, 0.25) is 0 Å². The summed E-state index contributed by atoms with van der Waals surface area (Å²) in [5.41, 5.74) is 0.0526. The van der Waals surface area contributed by atoms with Crippen molar-refractivity contribution in [1.82, 2.24) is 0 Å². The fraction of sp³-hybridized carbons (Fsp3) is 0.727. The molecular weight excluding hydrogens is 180 g/mol. The first-order chi connectivity index (χ1) is 6.45. The number of hydrogen-bond acceptors (Lipinski definition) is 3. The molecule has 1 rings (SSSR count). The monoisotopic (exact) mass is 198 g/mol. The third kappa shape index (κ3) is 2.58. The predicted octanol–water partition coefficient (Wildman–Crippen LogP) is 1.92. The van der Waals surface area contributed by atoms with Crippen LogP contribution in [-0.4, -0.2) is 25.3 Å². The van der Waals surface area contributed by atoms with E-state index in [1.165, 1.54) is 7.11 Å². The Labute approximate surface area is 85.1 Å². The summed E-state index contributed by atoms with van der Waals surface area (Å²) >= 11 is 0. The molecule has 0 aromatic carbocycles. The molecule has 0 spiro atoms. The minimum absolute atomic E-state index is 0.0526. The highest BCUT2D eigenvalue weighted by molar-refractivity contribution is 5.76. The van der Waals surface area contributed by atoms with Crippen LogP contribution in [0, 0.1) is 5.41 Å². The Balaban J connectivity index is 2.65. The molecule has 14 heavy (non-hydrogen) atoms. The van der Waals surface area contributed by atoms with Gasteiger partial charge in [0.15, 0.2) is 6.10 Å². The van der Waals surface area contributed by atoms with Crippen molar-refractivity contribution in [2.24, 2.45) is 5.41 Å². The maximum atomic E-state index is 11.2. The van der Waals surface area contributed by atoms with Gasteiger partial charge in [0.25, 0.3) is 0 Å². The largest absolute Gasteiger partial charge is 0.467 e. The van der Waals surface area contributed by atoms with Crippen LogP contribution in [0.4, 0.5) is 0 Å². The minimum Gasteiger partial charge on any atom is -0.467 e. The SMILES string of the molecule is COC(=O)[C@@H]1C=CC[C@H](C(C)(C)C)O1. The molecule has 0 unspecified atom stereocenters. The summed E-state index contributed by atoms with van der Waals surface area (Å²) in [6.07, 6.45) is 4.15. The normalized spacial score (nSPS) is 27.4. The van der Waals surface area contributed by atoms with E-state index in [2.05, 4.69) is 25.5 Å². The van der Waals surface area contributed by atoms with Gasteiger partial charge >= 0.3 is 5.97 Å². The van der Waals surface area contributed by atoms with Crippen molar-refractivity contribution in [2.45, 2.75) is 39.4 Å². The molecule has 0 saturated heterocycles. The summed E-state index contributed by atoms with van der Waals surface area (Å²) in [5.74, 6) is -0.324. The standard InChI is InChI=1S/C11H18O3/c1-11(2,3)9-7-5-6-8(14-9)10(12)13-4/h5-6,8-9H,7H2,1-4H3/t8-,9+/m0/s1. The van der Waals surface area contributed by atoms with Gasteiger partial charge in [-0.2, -0.15) is 0 Å². The van der Waals surface area contributed by atoms with Crippen LogP contribution in [0.2, 0.25) is 0 Å². The molecular formula is C11H18O3. The van der Waals surface area contributed by atoms with Crippen molar-refractivity contribution in [2.75, 3.05) is 7.11 Å². The third-order valence-corrected chi connectivity index (χ3v) is 2.37. The second kappa shape index (κ2) is 4.13. The van der Waals surface area contributed by atoms with Crippen molar-refractivity contribution in [3.63, 3.8) is 0 Å². The van der Waals surface area contributed by atoms with Crippen LogP contribution >= 0.6 is 0 Å². The van der Waals surface area contributed by atoms with Crippen molar-refractivity contribution >= 4 is 5.97 Å². The van der Waals surface area contributed by atoms with Crippen LogP contribution in [0.15, 0.2) is 12.2 Å². The quantitative estimate of drug-likeness (QED) is 0.477. The fourth-order valence-corrected chi connectivity index (χ4v) is 1.41. The maximum absolute atomic E-state index is 11.2. The molecule has 0 saturated carbocycles. The third-order valence-electron chi connectivity index (χ3n) is 2.37. The highest BCUT2D eigenvalue weighted by atomic mass is 16.6. The lowest BCUT2D eigenvalue weighted by Crippen LogP contribution is -2.38. The maximum Gasteiger partial charge on any atom is 0.339 e. The zero-order valence-corrected chi connectivity index (χ0v) is 9.24. The summed E-state index contributed by atoms with van der Waals surface area (Å²) in [6.45, 7) is 6.31. The smallest absolute Gasteiger partial charge is 0.339 e. The molecule has 0 aromatic heterocycles. The van der Waals surface area contributed by atoms with Crippen LogP contribution in [0.25, 0.3) is 0 Å². The minimum atomic E-state index is -0.530. The summed E-state index contributed by atoms with van der Waals surface area (Å²) in [5, 5.41) is 0. The molecule has 0 aromatic rings. The first kappa shape index (κ1) is 11.2. The van der Waals surface area contributed by atoms with Crippen molar-refractivity contribution < 1.29 is 14.3 Å². The van der Waals surface area contributed by atoms with Gasteiger partial charge in [-0.15, -0.1) is 0 Å².